The molecule has 2 atom stereocenters. The molecule has 1 saturated carbocycles. The van der Waals surface area contributed by atoms with E-state index in [1.54, 1.807) is 6.20 Å². The molecule has 8 nitrogen and oxygen atoms in total. The summed E-state index contributed by atoms with van der Waals surface area (Å²) in [5, 5.41) is 16.3. The largest absolute Gasteiger partial charge is 0.392 e. The molecule has 2 aliphatic heterocycles. The number of rotatable bonds is 8. The quantitative estimate of drug-likeness (QED) is 0.530. The minimum Gasteiger partial charge on any atom is -0.392 e. The van der Waals surface area contributed by atoms with Gasteiger partial charge in [0.2, 0.25) is 5.95 Å². The van der Waals surface area contributed by atoms with Gasteiger partial charge in [0.15, 0.2) is 0 Å². The van der Waals surface area contributed by atoms with Crippen molar-refractivity contribution >= 4 is 29.3 Å². The first kappa shape index (κ1) is 23.3. The summed E-state index contributed by atoms with van der Waals surface area (Å²) in [5.41, 5.74) is 2.10. The Kier molecular flexibility index (Phi) is 6.90. The number of likely N-dealkylation sites (tertiary alicyclic amines) is 1. The van der Waals surface area contributed by atoms with E-state index in [1.807, 2.05) is 18.2 Å². The van der Waals surface area contributed by atoms with Gasteiger partial charge in [-0.2, -0.15) is 4.98 Å². The van der Waals surface area contributed by atoms with Crippen molar-refractivity contribution in [3.8, 4) is 0 Å². The molecule has 3 aliphatic rings. The Labute approximate surface area is 205 Å². The first-order valence-corrected chi connectivity index (χ1v) is 12.6. The lowest BCUT2D eigenvalue weighted by Gasteiger charge is -2.29. The van der Waals surface area contributed by atoms with Crippen molar-refractivity contribution in [2.24, 2.45) is 17.8 Å². The van der Waals surface area contributed by atoms with E-state index in [1.165, 1.54) is 6.42 Å². The maximum absolute atomic E-state index is 13.1. The number of carbonyl (C=O) groups excluding carboxylic acids is 1. The number of nitrogens with zero attached hydrogens (tertiary/aromatic N) is 4. The zero-order chi connectivity index (χ0) is 23.7. The maximum atomic E-state index is 13.1. The normalized spacial score (nSPS) is 22.5. The summed E-state index contributed by atoms with van der Waals surface area (Å²) in [6.07, 6.45) is 5.16. The third kappa shape index (κ3) is 5.29. The summed E-state index contributed by atoms with van der Waals surface area (Å²) < 4.78 is 0. The monoisotopic (exact) mass is 484 g/mol. The molecule has 3 fully saturated rings. The lowest BCUT2D eigenvalue weighted by molar-refractivity contribution is 0.0939. The first-order chi connectivity index (χ1) is 16.5. The molecule has 2 saturated heterocycles. The van der Waals surface area contributed by atoms with E-state index >= 15 is 0 Å². The Balaban J connectivity index is 1.30. The fourth-order valence-corrected chi connectivity index (χ4v) is 5.26. The van der Waals surface area contributed by atoms with Crippen molar-refractivity contribution in [2.45, 2.75) is 32.4 Å². The van der Waals surface area contributed by atoms with Crippen LogP contribution in [-0.4, -0.2) is 65.7 Å². The Hall–Kier alpha value is -2.42. The van der Waals surface area contributed by atoms with Crippen LogP contribution in [0.5, 0.6) is 0 Å². The third-order valence-corrected chi connectivity index (χ3v) is 7.77. The molecule has 2 aromatic rings. The number of nitrogens with one attached hydrogen (secondary N) is 2. The van der Waals surface area contributed by atoms with Crippen LogP contribution in [0.4, 0.5) is 11.8 Å². The molecule has 0 bridgehead atoms. The van der Waals surface area contributed by atoms with Gasteiger partial charge in [-0.25, -0.2) is 4.98 Å². The zero-order valence-electron chi connectivity index (χ0n) is 19.6. The highest BCUT2D eigenvalue weighted by Crippen LogP contribution is 2.45. The molecular formula is C25H33ClN6O2. The van der Waals surface area contributed by atoms with E-state index < -0.39 is 0 Å². The molecule has 3 N–H and O–H groups in total. The van der Waals surface area contributed by atoms with Gasteiger partial charge in [-0.1, -0.05) is 23.7 Å². The van der Waals surface area contributed by atoms with Gasteiger partial charge in [-0.15, -0.1) is 0 Å². The van der Waals surface area contributed by atoms with E-state index in [9.17, 15) is 9.90 Å². The standard InChI is InChI=1S/C25H33ClN6O2/c1-31-6-4-16(5-7-31)10-28-24(34)21-12-29-25(32-13-19-9-20(19)14-32)30-23(21)27-11-17-2-3-18(15-33)22(26)8-17/h2-3,8,12,16,19-20,33H,4-7,9-11,13-15H2,1H3,(H,28,34)(H,27,29,30). The number of halogens is 1. The van der Waals surface area contributed by atoms with Gasteiger partial charge in [0, 0.05) is 37.4 Å². The number of benzene rings is 1. The number of hydrogen-bond acceptors (Lipinski definition) is 7. The van der Waals surface area contributed by atoms with Crippen molar-refractivity contribution in [3.63, 3.8) is 0 Å². The topological polar surface area (TPSA) is 93.6 Å². The minimum absolute atomic E-state index is 0.0960. The zero-order valence-corrected chi connectivity index (χ0v) is 20.4. The van der Waals surface area contributed by atoms with Crippen LogP contribution < -0.4 is 15.5 Å². The number of aliphatic hydroxyl groups excluding tert-OH is 1. The van der Waals surface area contributed by atoms with E-state index in [4.69, 9.17) is 16.6 Å². The second-order valence-electron chi connectivity index (χ2n) is 9.99. The average Bonchev–Trinajstić information content (AvgIpc) is 3.46. The van der Waals surface area contributed by atoms with E-state index in [0.29, 0.717) is 46.9 Å². The van der Waals surface area contributed by atoms with Gasteiger partial charge in [-0.3, -0.25) is 4.79 Å². The lowest BCUT2D eigenvalue weighted by atomic mass is 9.97. The van der Waals surface area contributed by atoms with Crippen molar-refractivity contribution in [1.82, 2.24) is 20.2 Å². The van der Waals surface area contributed by atoms with Crippen molar-refractivity contribution in [3.05, 3.63) is 46.1 Å². The Morgan fingerprint density at radius 3 is 2.71 bits per heavy atom. The second-order valence-corrected chi connectivity index (χ2v) is 10.4. The van der Waals surface area contributed by atoms with Crippen LogP contribution >= 0.6 is 11.6 Å². The van der Waals surface area contributed by atoms with E-state index in [-0.39, 0.29) is 12.5 Å². The highest BCUT2D eigenvalue weighted by atomic mass is 35.5. The van der Waals surface area contributed by atoms with Crippen LogP contribution in [0.2, 0.25) is 5.02 Å². The molecule has 0 radical (unpaired) electrons. The van der Waals surface area contributed by atoms with E-state index in [0.717, 1.165) is 56.4 Å². The second kappa shape index (κ2) is 10.1. The van der Waals surface area contributed by atoms with Gasteiger partial charge >= 0.3 is 0 Å². The fraction of sp³-hybridized carbons (Fsp3) is 0.560. The SMILES string of the molecule is CN1CCC(CNC(=O)c2cnc(N3CC4CC4C3)nc2NCc2ccc(CO)c(Cl)c2)CC1. The Bertz CT molecular complexity index is 1030. The molecular weight excluding hydrogens is 452 g/mol. The summed E-state index contributed by atoms with van der Waals surface area (Å²) in [5.74, 6) is 3.10. The molecule has 5 rings (SSSR count). The number of aromatic nitrogens is 2. The molecule has 3 heterocycles. The summed E-state index contributed by atoms with van der Waals surface area (Å²) in [6, 6.07) is 5.56. The first-order valence-electron chi connectivity index (χ1n) is 12.2. The summed E-state index contributed by atoms with van der Waals surface area (Å²) in [4.78, 5) is 27.0. The molecule has 1 aromatic carbocycles. The molecule has 1 aromatic heterocycles. The fourth-order valence-electron chi connectivity index (χ4n) is 5.00. The van der Waals surface area contributed by atoms with Crippen molar-refractivity contribution in [2.75, 3.05) is 50.0 Å². The number of carbonyl (C=O) groups is 1. The molecule has 1 amide bonds. The van der Waals surface area contributed by atoms with Gasteiger partial charge in [-0.05, 0) is 74.3 Å². The predicted molar refractivity (Wildman–Crippen MR) is 133 cm³/mol. The summed E-state index contributed by atoms with van der Waals surface area (Å²) in [6.45, 7) is 5.15. The predicted octanol–water partition coefficient (Wildman–Crippen LogP) is 2.76. The molecule has 0 spiro atoms. The number of anilines is 2. The number of hydrogen-bond donors (Lipinski definition) is 3. The van der Waals surface area contributed by atoms with Crippen LogP contribution in [0.3, 0.4) is 0 Å². The Morgan fingerprint density at radius 1 is 1.24 bits per heavy atom. The number of aliphatic hydroxyl groups is 1. The lowest BCUT2D eigenvalue weighted by Crippen LogP contribution is -2.37. The van der Waals surface area contributed by atoms with Crippen LogP contribution in [0, 0.1) is 17.8 Å². The van der Waals surface area contributed by atoms with Crippen LogP contribution in [0.15, 0.2) is 24.4 Å². The Morgan fingerprint density at radius 2 is 2.00 bits per heavy atom. The van der Waals surface area contributed by atoms with Gasteiger partial charge in [0.1, 0.15) is 11.4 Å². The van der Waals surface area contributed by atoms with Crippen molar-refractivity contribution < 1.29 is 9.90 Å². The van der Waals surface area contributed by atoms with Crippen LogP contribution in [0.1, 0.15) is 40.7 Å². The highest BCUT2D eigenvalue weighted by molar-refractivity contribution is 6.31. The number of piperidine rings is 2. The van der Waals surface area contributed by atoms with Crippen molar-refractivity contribution in [1.29, 1.82) is 0 Å². The maximum Gasteiger partial charge on any atom is 0.256 e. The van der Waals surface area contributed by atoms with Gasteiger partial charge in [0.05, 0.1) is 6.61 Å². The number of fused-ring (bicyclic) bond motifs is 1. The van der Waals surface area contributed by atoms with E-state index in [2.05, 4.69) is 32.5 Å². The molecule has 2 unspecified atom stereocenters. The molecule has 1 aliphatic carbocycles. The molecule has 9 heteroatoms. The number of amides is 1. The van der Waals surface area contributed by atoms with Crippen LogP contribution in [-0.2, 0) is 13.2 Å². The highest BCUT2D eigenvalue weighted by Gasteiger charge is 2.46. The van der Waals surface area contributed by atoms with Gasteiger partial charge in [0.25, 0.3) is 5.91 Å². The smallest absolute Gasteiger partial charge is 0.256 e. The molecule has 182 valence electrons. The molecule has 34 heavy (non-hydrogen) atoms. The average molecular weight is 485 g/mol. The third-order valence-electron chi connectivity index (χ3n) is 7.42. The van der Waals surface area contributed by atoms with Gasteiger partial charge < -0.3 is 25.5 Å². The summed E-state index contributed by atoms with van der Waals surface area (Å²) in [7, 11) is 2.14. The summed E-state index contributed by atoms with van der Waals surface area (Å²) >= 11 is 6.26. The van der Waals surface area contributed by atoms with Crippen LogP contribution in [0.25, 0.3) is 0 Å². The minimum atomic E-state index is -0.147.